The first-order valence-electron chi connectivity index (χ1n) is 1.84. The van der Waals surface area contributed by atoms with E-state index in [1.165, 1.54) is 0 Å². The van der Waals surface area contributed by atoms with Crippen molar-refractivity contribution in [3.8, 4) is 0 Å². The maximum absolute atomic E-state index is 8.52. The van der Waals surface area contributed by atoms with Crippen molar-refractivity contribution in [2.24, 2.45) is 0 Å². The third-order valence-corrected chi connectivity index (χ3v) is 0. The smallest absolute Gasteiger partial charge is 0.672 e. The maximum atomic E-state index is 8.52. The van der Waals surface area contributed by atoms with Crippen LogP contribution in [0.1, 0.15) is 0 Å². The number of hydrogen-bond donors (Lipinski definition) is 0. The summed E-state index contributed by atoms with van der Waals surface area (Å²) in [5.74, 6) is 0. The molecule has 72 valence electrons. The van der Waals surface area contributed by atoms with Crippen LogP contribution in [-0.2, 0) is 32.9 Å². The molecular formula is CaO9Si3SrZn. The van der Waals surface area contributed by atoms with Gasteiger partial charge >= 0.3 is 103 Å². The Bertz CT molecular complexity index is 123. The van der Waals surface area contributed by atoms with Crippen molar-refractivity contribution in [1.29, 1.82) is 0 Å². The van der Waals surface area contributed by atoms with Gasteiger partial charge in [-0.2, -0.15) is 0 Å². The van der Waals surface area contributed by atoms with Crippen molar-refractivity contribution in [2.75, 3.05) is 0 Å². The normalized spacial score (nSPS) is 4.80. The third-order valence-electron chi connectivity index (χ3n) is 0. The van der Waals surface area contributed by atoms with Crippen molar-refractivity contribution < 1.29 is 61.6 Å². The van der Waals surface area contributed by atoms with Crippen molar-refractivity contribution in [3.05, 3.63) is 0 Å². The van der Waals surface area contributed by atoms with Crippen LogP contribution >= 0.6 is 0 Å². The fourth-order valence-corrected chi connectivity index (χ4v) is 0. The van der Waals surface area contributed by atoms with Crippen LogP contribution in [-0.4, -0.2) is 111 Å². The van der Waals surface area contributed by atoms with Gasteiger partial charge in [0.25, 0.3) is 0 Å². The van der Waals surface area contributed by atoms with Crippen LogP contribution in [0.2, 0.25) is 0 Å². The van der Waals surface area contributed by atoms with Gasteiger partial charge in [-0.3, -0.25) is 0 Å². The molecule has 15 heteroatoms. The Morgan fingerprint density at radius 2 is 0.600 bits per heavy atom. The third kappa shape index (κ3) is 668. The predicted octanol–water partition coefficient (Wildman–Crippen LogP) is -9.40. The molecule has 0 N–H and O–H groups in total. The van der Waals surface area contributed by atoms with Gasteiger partial charge in [-0.05, 0) is 0 Å². The molecule has 15 heavy (non-hydrogen) atoms. The Morgan fingerprint density at radius 3 is 0.600 bits per heavy atom. The van der Waals surface area contributed by atoms with E-state index in [0.717, 1.165) is 0 Å². The molecule has 0 heterocycles. The maximum Gasteiger partial charge on any atom is 2.00 e. The largest absolute Gasteiger partial charge is 2.00 e. The zero-order valence-electron chi connectivity index (χ0n) is 7.30. The van der Waals surface area contributed by atoms with Gasteiger partial charge in [0.15, 0.2) is 0 Å². The average molecular weight is 421 g/mol. The van der Waals surface area contributed by atoms with Gasteiger partial charge in [0.05, 0.1) is 0 Å². The van der Waals surface area contributed by atoms with Gasteiger partial charge in [0.2, 0.25) is 0 Å². The molecule has 0 saturated carbocycles. The molecule has 0 aliphatic rings. The van der Waals surface area contributed by atoms with Crippen LogP contribution in [0.5, 0.6) is 0 Å². The van der Waals surface area contributed by atoms with E-state index < -0.39 is 27.5 Å². The predicted molar refractivity (Wildman–Crippen MR) is 30.8 cm³/mol. The van der Waals surface area contributed by atoms with Gasteiger partial charge in [-0.15, -0.1) is 0 Å². The monoisotopic (exact) mass is 420 g/mol. The minimum absolute atomic E-state index is 0. The van der Waals surface area contributed by atoms with Crippen LogP contribution in [0.25, 0.3) is 0 Å². The molecule has 0 aromatic carbocycles. The van der Waals surface area contributed by atoms with Gasteiger partial charge in [-0.1, -0.05) is 0 Å². The van der Waals surface area contributed by atoms with Crippen molar-refractivity contribution >= 4 is 111 Å². The molecule has 0 fully saturated rings. The minimum Gasteiger partial charge on any atom is -0.672 e. The van der Waals surface area contributed by atoms with E-state index in [9.17, 15) is 0 Å². The van der Waals surface area contributed by atoms with Crippen LogP contribution in [0, 0.1) is 0 Å². The first-order chi connectivity index (χ1) is 5.20. The number of rotatable bonds is 0. The first-order valence-corrected chi connectivity index (χ1v) is 5.51. The molecule has 0 atom stereocenters. The Labute approximate surface area is 169 Å². The van der Waals surface area contributed by atoms with E-state index in [1.807, 2.05) is 0 Å². The molecule has 0 unspecified atom stereocenters. The molecule has 0 aliphatic carbocycles. The van der Waals surface area contributed by atoms with Gasteiger partial charge in [0.1, 0.15) is 0 Å². The summed E-state index contributed by atoms with van der Waals surface area (Å²) in [6, 6.07) is 0. The summed E-state index contributed by atoms with van der Waals surface area (Å²) in [6.07, 6.45) is 0. The fourth-order valence-electron chi connectivity index (χ4n) is 0. The molecule has 9 nitrogen and oxygen atoms in total. The Hall–Kier alpha value is 2.21. The molecule has 0 spiro atoms. The number of hydrogen-bond acceptors (Lipinski definition) is 9. The summed E-state index contributed by atoms with van der Waals surface area (Å²) >= 11 is 0. The van der Waals surface area contributed by atoms with Crippen LogP contribution in [0.4, 0.5) is 0 Å². The summed E-state index contributed by atoms with van der Waals surface area (Å²) in [5.41, 5.74) is 0. The molecule has 0 bridgehead atoms. The second-order valence-electron chi connectivity index (χ2n) is 0.750. The van der Waals surface area contributed by atoms with E-state index in [2.05, 4.69) is 0 Å². The van der Waals surface area contributed by atoms with Gasteiger partial charge in [0, 0.05) is 27.5 Å². The molecule has 0 aromatic rings. The van der Waals surface area contributed by atoms with E-state index >= 15 is 0 Å². The average Bonchev–Trinajstić information content (AvgIpc) is 1.54. The van der Waals surface area contributed by atoms with E-state index in [0.29, 0.717) is 0 Å². The van der Waals surface area contributed by atoms with Gasteiger partial charge in [-0.25, -0.2) is 0 Å². The second kappa shape index (κ2) is 29.8. The van der Waals surface area contributed by atoms with E-state index in [4.69, 9.17) is 42.2 Å². The molecular weight excluding hydrogens is 421 g/mol. The summed E-state index contributed by atoms with van der Waals surface area (Å²) in [5, 5.41) is 0. The zero-order valence-corrected chi connectivity index (χ0v) is 18.9. The minimum atomic E-state index is -3.63. The second-order valence-corrected chi connectivity index (χ2v) is 2.25. The summed E-state index contributed by atoms with van der Waals surface area (Å²) in [4.78, 5) is 51.1. The molecule has 0 aliphatic heterocycles. The molecule has 0 rings (SSSR count). The van der Waals surface area contributed by atoms with Crippen molar-refractivity contribution in [2.45, 2.75) is 0 Å². The van der Waals surface area contributed by atoms with Crippen molar-refractivity contribution in [1.82, 2.24) is 0 Å². The Balaban J connectivity index is -0.0000000184. The SMILES string of the molecule is O=[Si]([O-])[O-].O=[Si]([O-])[O-].O=[Si]([O-])[O-].[Ca+2].[Sr+2].[Zn+2]. The summed E-state index contributed by atoms with van der Waals surface area (Å²) < 4.78 is 25.6. The molecule has 0 amide bonds. The molecule has 0 aromatic heterocycles. The fraction of sp³-hybridized carbons (Fsp3) is 0. The zero-order chi connectivity index (χ0) is 10.7. The summed E-state index contributed by atoms with van der Waals surface area (Å²) in [7, 11) is -10.9. The Kier molecular flexibility index (Phi) is 71.6. The van der Waals surface area contributed by atoms with Crippen molar-refractivity contribution in [3.63, 3.8) is 0 Å². The Morgan fingerprint density at radius 1 is 0.600 bits per heavy atom. The van der Waals surface area contributed by atoms with Crippen LogP contribution < -0.4 is 28.8 Å². The summed E-state index contributed by atoms with van der Waals surface area (Å²) in [6.45, 7) is 0. The van der Waals surface area contributed by atoms with E-state index in [1.54, 1.807) is 0 Å². The van der Waals surface area contributed by atoms with Crippen LogP contribution in [0.15, 0.2) is 0 Å². The topological polar surface area (TPSA) is 190 Å². The molecule has 0 radical (unpaired) electrons. The quantitative estimate of drug-likeness (QED) is 0.342. The molecule has 0 saturated heterocycles. The van der Waals surface area contributed by atoms with Crippen LogP contribution in [0.3, 0.4) is 0 Å². The standard InChI is InChI=1S/Ca.3O3Si.Sr.Zn/c;3*1-4(2)3;;/q+2;3*-2;2*+2. The first kappa shape index (κ1) is 36.0. The van der Waals surface area contributed by atoms with E-state index in [-0.39, 0.29) is 103 Å². The van der Waals surface area contributed by atoms with Gasteiger partial charge < -0.3 is 42.2 Å².